The second-order valence-electron chi connectivity index (χ2n) is 6.27. The summed E-state index contributed by atoms with van der Waals surface area (Å²) in [6, 6.07) is 0. The summed E-state index contributed by atoms with van der Waals surface area (Å²) in [5, 5.41) is 0.791. The van der Waals surface area contributed by atoms with Gasteiger partial charge in [0.05, 0.1) is 18.8 Å². The molecule has 1 fully saturated rings. The largest absolute Gasteiger partial charge is 0.377 e. The molecule has 0 spiro atoms. The average Bonchev–Trinajstić information content (AvgIpc) is 2.45. The van der Waals surface area contributed by atoms with E-state index in [-0.39, 0.29) is 11.4 Å². The third-order valence-electron chi connectivity index (χ3n) is 4.12. The van der Waals surface area contributed by atoms with E-state index < -0.39 is 0 Å². The molecule has 6 heteroatoms. The van der Waals surface area contributed by atoms with E-state index >= 15 is 0 Å². The van der Waals surface area contributed by atoms with E-state index in [1.165, 1.54) is 0 Å². The summed E-state index contributed by atoms with van der Waals surface area (Å²) in [4.78, 5) is 23.5. The van der Waals surface area contributed by atoms with Gasteiger partial charge in [0.1, 0.15) is 0 Å². The standard InChI is InChI=1S/C16H25N3O2S/c1-11-13(12(2)18-15(17-11)22-5)6-7-14(20)19-8-9-21-10-16(19,3)4/h6-10H2,1-5H3. The van der Waals surface area contributed by atoms with Crippen LogP contribution >= 0.6 is 11.8 Å². The Morgan fingerprint density at radius 2 is 1.95 bits per heavy atom. The lowest BCUT2D eigenvalue weighted by Crippen LogP contribution is -2.55. The summed E-state index contributed by atoms with van der Waals surface area (Å²) in [6.07, 6.45) is 3.16. The van der Waals surface area contributed by atoms with Gasteiger partial charge in [0.2, 0.25) is 5.91 Å². The second-order valence-corrected chi connectivity index (χ2v) is 7.04. The third kappa shape index (κ3) is 3.79. The molecule has 0 saturated carbocycles. The number of rotatable bonds is 4. The maximum Gasteiger partial charge on any atom is 0.223 e. The number of thioether (sulfide) groups is 1. The molecule has 22 heavy (non-hydrogen) atoms. The Morgan fingerprint density at radius 3 is 2.50 bits per heavy atom. The Kier molecular flexibility index (Phi) is 5.45. The number of amides is 1. The average molecular weight is 323 g/mol. The Labute approximate surface area is 136 Å². The van der Waals surface area contributed by atoms with Crippen molar-refractivity contribution in [2.75, 3.05) is 26.0 Å². The maximum atomic E-state index is 12.6. The first-order valence-corrected chi connectivity index (χ1v) is 8.84. The summed E-state index contributed by atoms with van der Waals surface area (Å²) < 4.78 is 5.48. The van der Waals surface area contributed by atoms with Gasteiger partial charge in [-0.05, 0) is 45.9 Å². The van der Waals surface area contributed by atoms with Crippen molar-refractivity contribution in [3.05, 3.63) is 17.0 Å². The lowest BCUT2D eigenvalue weighted by molar-refractivity contribution is -0.146. The molecule has 2 rings (SSSR count). The summed E-state index contributed by atoms with van der Waals surface area (Å²) in [7, 11) is 0. The second kappa shape index (κ2) is 6.96. The van der Waals surface area contributed by atoms with E-state index in [9.17, 15) is 4.79 Å². The van der Waals surface area contributed by atoms with Crippen molar-refractivity contribution >= 4 is 17.7 Å². The minimum atomic E-state index is -0.224. The molecule has 5 nitrogen and oxygen atoms in total. The molecule has 0 bridgehead atoms. The number of aromatic nitrogens is 2. The molecule has 0 radical (unpaired) electrons. The van der Waals surface area contributed by atoms with Gasteiger partial charge in [0.25, 0.3) is 0 Å². The van der Waals surface area contributed by atoms with E-state index in [1.54, 1.807) is 11.8 Å². The number of hydrogen-bond donors (Lipinski definition) is 0. The number of carbonyl (C=O) groups excluding carboxylic acids is 1. The number of ether oxygens (including phenoxy) is 1. The fourth-order valence-corrected chi connectivity index (χ4v) is 3.31. The lowest BCUT2D eigenvalue weighted by atomic mass is 10.0. The van der Waals surface area contributed by atoms with Crippen LogP contribution in [0.25, 0.3) is 0 Å². The number of hydrogen-bond acceptors (Lipinski definition) is 5. The molecule has 0 unspecified atom stereocenters. The van der Waals surface area contributed by atoms with Crippen molar-refractivity contribution in [3.63, 3.8) is 0 Å². The lowest BCUT2D eigenvalue weighted by Gasteiger charge is -2.42. The molecule has 1 saturated heterocycles. The highest BCUT2D eigenvalue weighted by molar-refractivity contribution is 7.98. The van der Waals surface area contributed by atoms with Gasteiger partial charge >= 0.3 is 0 Å². The van der Waals surface area contributed by atoms with Crippen LogP contribution in [0.5, 0.6) is 0 Å². The van der Waals surface area contributed by atoms with Gasteiger partial charge in [-0.2, -0.15) is 0 Å². The summed E-state index contributed by atoms with van der Waals surface area (Å²) in [6.45, 7) is 9.99. The topological polar surface area (TPSA) is 55.3 Å². The number of morpholine rings is 1. The van der Waals surface area contributed by atoms with Crippen molar-refractivity contribution in [1.29, 1.82) is 0 Å². The predicted octanol–water partition coefficient (Wildman–Crippen LogP) is 2.39. The normalized spacial score (nSPS) is 17.6. The Morgan fingerprint density at radius 1 is 1.32 bits per heavy atom. The van der Waals surface area contributed by atoms with Crippen LogP contribution in [0.3, 0.4) is 0 Å². The first-order chi connectivity index (χ1) is 10.3. The van der Waals surface area contributed by atoms with E-state index in [0.717, 1.165) is 22.1 Å². The fraction of sp³-hybridized carbons (Fsp3) is 0.688. The number of aryl methyl sites for hydroxylation is 2. The summed E-state index contributed by atoms with van der Waals surface area (Å²) in [5.41, 5.74) is 2.83. The molecular weight excluding hydrogens is 298 g/mol. The SMILES string of the molecule is CSc1nc(C)c(CCC(=O)N2CCOCC2(C)C)c(C)n1. The monoisotopic (exact) mass is 323 g/mol. The van der Waals surface area contributed by atoms with Crippen LogP contribution in [0.4, 0.5) is 0 Å². The molecule has 1 amide bonds. The molecule has 0 aliphatic carbocycles. The molecule has 1 aromatic heterocycles. The van der Waals surface area contributed by atoms with Crippen LogP contribution in [-0.2, 0) is 16.0 Å². The Bertz CT molecular complexity index is 537. The van der Waals surface area contributed by atoms with Crippen LogP contribution in [-0.4, -0.2) is 52.3 Å². The molecule has 0 atom stereocenters. The molecule has 2 heterocycles. The van der Waals surface area contributed by atoms with Gasteiger partial charge in [0.15, 0.2) is 5.16 Å². The van der Waals surface area contributed by atoms with Gasteiger partial charge in [0, 0.05) is 24.4 Å². The van der Waals surface area contributed by atoms with Gasteiger partial charge in [-0.25, -0.2) is 9.97 Å². The summed E-state index contributed by atoms with van der Waals surface area (Å²) in [5.74, 6) is 0.182. The van der Waals surface area contributed by atoms with Crippen molar-refractivity contribution in [2.45, 2.75) is 51.2 Å². The van der Waals surface area contributed by atoms with E-state index in [2.05, 4.69) is 23.8 Å². The first kappa shape index (κ1) is 17.2. The highest BCUT2D eigenvalue weighted by Crippen LogP contribution is 2.22. The quantitative estimate of drug-likeness (QED) is 0.629. The molecular formula is C16H25N3O2S. The molecule has 0 N–H and O–H groups in total. The van der Waals surface area contributed by atoms with Crippen LogP contribution in [0, 0.1) is 13.8 Å². The van der Waals surface area contributed by atoms with Crippen molar-refractivity contribution in [1.82, 2.24) is 14.9 Å². The number of nitrogens with zero attached hydrogens (tertiary/aromatic N) is 3. The zero-order valence-corrected chi connectivity index (χ0v) is 14.9. The van der Waals surface area contributed by atoms with Crippen molar-refractivity contribution < 1.29 is 9.53 Å². The van der Waals surface area contributed by atoms with E-state index in [1.807, 2.05) is 25.0 Å². The van der Waals surface area contributed by atoms with Crippen molar-refractivity contribution in [3.8, 4) is 0 Å². The van der Waals surface area contributed by atoms with Crippen molar-refractivity contribution in [2.24, 2.45) is 0 Å². The Balaban J connectivity index is 2.05. The smallest absolute Gasteiger partial charge is 0.223 e. The molecule has 122 valence electrons. The molecule has 1 aliphatic heterocycles. The zero-order valence-electron chi connectivity index (χ0n) is 14.1. The molecule has 1 aliphatic rings. The zero-order chi connectivity index (χ0) is 16.3. The maximum absolute atomic E-state index is 12.6. The van der Waals surface area contributed by atoms with Crippen LogP contribution in [0.2, 0.25) is 0 Å². The minimum Gasteiger partial charge on any atom is -0.377 e. The fourth-order valence-electron chi connectivity index (χ4n) is 2.85. The third-order valence-corrected chi connectivity index (χ3v) is 4.67. The predicted molar refractivity (Wildman–Crippen MR) is 88.2 cm³/mol. The van der Waals surface area contributed by atoms with Crippen LogP contribution < -0.4 is 0 Å². The van der Waals surface area contributed by atoms with Gasteiger partial charge in [-0.3, -0.25) is 4.79 Å². The van der Waals surface area contributed by atoms with Gasteiger partial charge < -0.3 is 9.64 Å². The number of carbonyl (C=O) groups is 1. The van der Waals surface area contributed by atoms with Crippen LogP contribution in [0.1, 0.15) is 37.2 Å². The highest BCUT2D eigenvalue weighted by Gasteiger charge is 2.33. The van der Waals surface area contributed by atoms with Crippen LogP contribution in [0.15, 0.2) is 5.16 Å². The van der Waals surface area contributed by atoms with Gasteiger partial charge in [-0.15, -0.1) is 0 Å². The van der Waals surface area contributed by atoms with Gasteiger partial charge in [-0.1, -0.05) is 11.8 Å². The minimum absolute atomic E-state index is 0.182. The van der Waals surface area contributed by atoms with E-state index in [0.29, 0.717) is 32.6 Å². The molecule has 1 aromatic rings. The van der Waals surface area contributed by atoms with E-state index in [4.69, 9.17) is 4.74 Å². The first-order valence-electron chi connectivity index (χ1n) is 7.61. The summed E-state index contributed by atoms with van der Waals surface area (Å²) >= 11 is 1.54. The highest BCUT2D eigenvalue weighted by atomic mass is 32.2. The Hall–Kier alpha value is -1.14. The molecule has 0 aromatic carbocycles.